The summed E-state index contributed by atoms with van der Waals surface area (Å²) in [6.45, 7) is 12.5. The molecule has 0 aliphatic heterocycles. The van der Waals surface area contributed by atoms with Gasteiger partial charge in [0.25, 0.3) is 0 Å². The second-order valence-corrected chi connectivity index (χ2v) is 11.1. The number of ether oxygens (including phenoxy) is 2. The van der Waals surface area contributed by atoms with Crippen molar-refractivity contribution in [2.24, 2.45) is 34.0 Å². The smallest absolute Gasteiger partial charge is 0.302 e. The molecular weight excluding hydrogens is 400 g/mol. The highest BCUT2D eigenvalue weighted by atomic mass is 16.5. The molecule has 4 rings (SSSR count). The molecular formula is C24H34O7. The van der Waals surface area contributed by atoms with E-state index in [1.54, 1.807) is 0 Å². The maximum atomic E-state index is 13.5. The van der Waals surface area contributed by atoms with Crippen molar-refractivity contribution in [3.63, 3.8) is 0 Å². The molecule has 0 heterocycles. The van der Waals surface area contributed by atoms with Crippen molar-refractivity contribution in [2.45, 2.75) is 84.7 Å². The Bertz CT molecular complexity index is 847. The summed E-state index contributed by atoms with van der Waals surface area (Å²) in [6.07, 6.45) is -1.45. The highest BCUT2D eigenvalue weighted by Crippen LogP contribution is 2.71. The van der Waals surface area contributed by atoms with E-state index in [2.05, 4.69) is 6.58 Å². The molecule has 0 amide bonds. The van der Waals surface area contributed by atoms with Gasteiger partial charge in [-0.05, 0) is 30.8 Å². The number of carbonyl (C=O) groups is 3. The van der Waals surface area contributed by atoms with Crippen molar-refractivity contribution >= 4 is 17.7 Å². The third-order valence-electron chi connectivity index (χ3n) is 9.04. The number of aliphatic hydroxyl groups excluding tert-OH is 2. The fraction of sp³-hybridized carbons (Fsp3) is 0.792. The highest BCUT2D eigenvalue weighted by molar-refractivity contribution is 6.03. The molecule has 0 aromatic rings. The Balaban J connectivity index is 1.87. The minimum atomic E-state index is -0.942. The van der Waals surface area contributed by atoms with Gasteiger partial charge >= 0.3 is 11.9 Å². The zero-order valence-corrected chi connectivity index (χ0v) is 19.0. The van der Waals surface area contributed by atoms with Crippen LogP contribution in [0.4, 0.5) is 0 Å². The summed E-state index contributed by atoms with van der Waals surface area (Å²) < 4.78 is 11.3. The van der Waals surface area contributed by atoms with Crippen molar-refractivity contribution in [1.29, 1.82) is 0 Å². The summed E-state index contributed by atoms with van der Waals surface area (Å²) in [5, 5.41) is 22.9. The van der Waals surface area contributed by atoms with E-state index < -0.39 is 64.4 Å². The largest absolute Gasteiger partial charge is 0.462 e. The zero-order chi connectivity index (χ0) is 23.1. The number of Topliss-reactive ketones (excluding diaryl/α,β-unsaturated/α-hetero) is 1. The highest BCUT2D eigenvalue weighted by Gasteiger charge is 2.75. The molecule has 4 aliphatic carbocycles. The first-order valence-electron chi connectivity index (χ1n) is 11.2. The second-order valence-electron chi connectivity index (χ2n) is 11.1. The first kappa shape index (κ1) is 22.5. The molecule has 4 fully saturated rings. The van der Waals surface area contributed by atoms with Crippen molar-refractivity contribution < 1.29 is 34.1 Å². The molecule has 1 spiro atoms. The van der Waals surface area contributed by atoms with E-state index in [0.717, 1.165) is 0 Å². The van der Waals surface area contributed by atoms with E-state index in [1.807, 2.05) is 20.8 Å². The molecule has 4 saturated carbocycles. The number of fused-ring (bicyclic) bond motifs is 3. The lowest BCUT2D eigenvalue weighted by Gasteiger charge is -2.67. The summed E-state index contributed by atoms with van der Waals surface area (Å²) in [7, 11) is 0. The molecule has 9 atom stereocenters. The Morgan fingerprint density at radius 2 is 1.61 bits per heavy atom. The van der Waals surface area contributed by atoms with E-state index in [1.165, 1.54) is 13.8 Å². The Morgan fingerprint density at radius 1 is 1.00 bits per heavy atom. The van der Waals surface area contributed by atoms with Crippen LogP contribution < -0.4 is 0 Å². The van der Waals surface area contributed by atoms with Crippen LogP contribution in [0.15, 0.2) is 12.2 Å². The molecule has 2 N–H and O–H groups in total. The summed E-state index contributed by atoms with van der Waals surface area (Å²) in [5.74, 6) is -1.91. The molecule has 0 aromatic carbocycles. The SMILES string of the molecule is C=C1C(=O)[C@]23C[C@H]1C[C@H](OC(C)=O)[C@H]2[C@@]1(C)[C@H]([C@@H](O)C3)C(C)(C)[C@@H](OC(C)=O)C[C@@H]1O. The van der Waals surface area contributed by atoms with Crippen LogP contribution in [-0.2, 0) is 23.9 Å². The molecule has 172 valence electrons. The van der Waals surface area contributed by atoms with Gasteiger partial charge in [-0.25, -0.2) is 0 Å². The Labute approximate surface area is 183 Å². The monoisotopic (exact) mass is 434 g/mol. The topological polar surface area (TPSA) is 110 Å². The van der Waals surface area contributed by atoms with Gasteiger partial charge in [-0.1, -0.05) is 27.4 Å². The quantitative estimate of drug-likeness (QED) is 0.506. The van der Waals surface area contributed by atoms with Gasteiger partial charge in [0.15, 0.2) is 5.78 Å². The third-order valence-corrected chi connectivity index (χ3v) is 9.04. The van der Waals surface area contributed by atoms with Gasteiger partial charge in [0.2, 0.25) is 0 Å². The average Bonchev–Trinajstić information content (AvgIpc) is 2.79. The number of carbonyl (C=O) groups excluding carboxylic acids is 3. The zero-order valence-electron chi connectivity index (χ0n) is 19.0. The number of hydrogen-bond donors (Lipinski definition) is 2. The molecule has 0 saturated heterocycles. The molecule has 0 aromatic heterocycles. The van der Waals surface area contributed by atoms with Gasteiger partial charge < -0.3 is 19.7 Å². The molecule has 31 heavy (non-hydrogen) atoms. The van der Waals surface area contributed by atoms with Crippen LogP contribution in [-0.4, -0.2) is 52.4 Å². The molecule has 0 unspecified atom stereocenters. The van der Waals surface area contributed by atoms with Crippen LogP contribution in [0.25, 0.3) is 0 Å². The van der Waals surface area contributed by atoms with Gasteiger partial charge in [-0.15, -0.1) is 0 Å². The first-order valence-corrected chi connectivity index (χ1v) is 11.2. The number of hydrogen-bond acceptors (Lipinski definition) is 7. The van der Waals surface area contributed by atoms with Gasteiger partial charge in [0.1, 0.15) is 12.2 Å². The standard InChI is InChI=1S/C24H34O7/c1-11-14-7-16(30-12(2)25)20-23(6)17(28)8-18(31-13(3)26)22(4,5)19(23)15(27)10-24(20,9-14)21(11)29/h14-20,27-28H,1,7-10H2,2-6H3/t14-,15+,16+,17+,18+,19-,20+,23-,24+/m1/s1. The number of rotatable bonds is 2. The van der Waals surface area contributed by atoms with Crippen LogP contribution in [0.5, 0.6) is 0 Å². The summed E-state index contributed by atoms with van der Waals surface area (Å²) in [4.78, 5) is 37.2. The van der Waals surface area contributed by atoms with Crippen LogP contribution in [0.2, 0.25) is 0 Å². The lowest BCUT2D eigenvalue weighted by molar-refractivity contribution is -0.278. The van der Waals surface area contributed by atoms with Gasteiger partial charge in [0, 0.05) is 48.3 Å². The number of esters is 2. The van der Waals surface area contributed by atoms with Crippen molar-refractivity contribution in [3.8, 4) is 0 Å². The Morgan fingerprint density at radius 3 is 2.19 bits per heavy atom. The molecule has 7 heteroatoms. The van der Waals surface area contributed by atoms with Crippen LogP contribution in [0, 0.1) is 34.0 Å². The Kier molecular flexibility index (Phi) is 4.99. The van der Waals surface area contributed by atoms with E-state index in [0.29, 0.717) is 18.4 Å². The maximum Gasteiger partial charge on any atom is 0.302 e. The molecule has 0 radical (unpaired) electrons. The minimum Gasteiger partial charge on any atom is -0.462 e. The lowest BCUT2D eigenvalue weighted by atomic mass is 9.38. The van der Waals surface area contributed by atoms with E-state index in [-0.39, 0.29) is 24.5 Å². The minimum absolute atomic E-state index is 0.0667. The number of allylic oxidation sites excluding steroid dienone is 1. The van der Waals surface area contributed by atoms with Crippen molar-refractivity contribution in [2.75, 3.05) is 0 Å². The average molecular weight is 435 g/mol. The summed E-state index contributed by atoms with van der Waals surface area (Å²) in [6, 6.07) is 0. The normalized spacial score (nSPS) is 47.9. The number of aliphatic hydroxyl groups is 2. The predicted octanol–water partition coefficient (Wildman–Crippen LogP) is 2.18. The summed E-state index contributed by atoms with van der Waals surface area (Å²) >= 11 is 0. The fourth-order valence-electron chi connectivity index (χ4n) is 8.23. The number of ketones is 1. The van der Waals surface area contributed by atoms with E-state index >= 15 is 0 Å². The van der Waals surface area contributed by atoms with Crippen molar-refractivity contribution in [1.82, 2.24) is 0 Å². The van der Waals surface area contributed by atoms with Crippen LogP contribution in [0.3, 0.4) is 0 Å². The third kappa shape index (κ3) is 2.88. The fourth-order valence-corrected chi connectivity index (χ4v) is 8.23. The van der Waals surface area contributed by atoms with E-state index in [4.69, 9.17) is 9.47 Å². The second kappa shape index (κ2) is 6.88. The molecule has 2 bridgehead atoms. The molecule has 4 aliphatic rings. The lowest BCUT2D eigenvalue weighted by Crippen LogP contribution is -2.72. The summed E-state index contributed by atoms with van der Waals surface area (Å²) in [5.41, 5.74) is -1.94. The first-order chi connectivity index (χ1) is 14.3. The predicted molar refractivity (Wildman–Crippen MR) is 111 cm³/mol. The van der Waals surface area contributed by atoms with Crippen LogP contribution in [0.1, 0.15) is 60.3 Å². The van der Waals surface area contributed by atoms with Gasteiger partial charge in [-0.3, -0.25) is 14.4 Å². The van der Waals surface area contributed by atoms with Gasteiger partial charge in [0.05, 0.1) is 12.2 Å². The Hall–Kier alpha value is -1.73. The van der Waals surface area contributed by atoms with Gasteiger partial charge in [-0.2, -0.15) is 0 Å². The van der Waals surface area contributed by atoms with Crippen molar-refractivity contribution in [3.05, 3.63) is 12.2 Å². The maximum absolute atomic E-state index is 13.5. The molecule has 7 nitrogen and oxygen atoms in total. The van der Waals surface area contributed by atoms with E-state index in [9.17, 15) is 24.6 Å². The van der Waals surface area contributed by atoms with Crippen LogP contribution >= 0.6 is 0 Å².